The topological polar surface area (TPSA) is 335 Å². The van der Waals surface area contributed by atoms with Crippen LogP contribution < -0.4 is 5.32 Å². The van der Waals surface area contributed by atoms with Gasteiger partial charge in [0.2, 0.25) is 5.91 Å². The second kappa shape index (κ2) is 36.0. The Morgan fingerprint density at radius 1 is 0.600 bits per heavy atom. The van der Waals surface area contributed by atoms with Gasteiger partial charge in [0.25, 0.3) is 0 Å². The summed E-state index contributed by atoms with van der Waals surface area (Å²) in [6.07, 6.45) is -0.476. The van der Waals surface area contributed by atoms with Crippen molar-refractivity contribution < 1.29 is 109 Å². The highest BCUT2D eigenvalue weighted by molar-refractivity contribution is 7.47. The molecule has 0 spiro atoms. The quantitative estimate of drug-likeness (QED) is 0.0118. The summed E-state index contributed by atoms with van der Waals surface area (Å²) in [5.41, 5.74) is 0. The van der Waals surface area contributed by atoms with E-state index in [2.05, 4.69) is 80.6 Å². The number of hydrogen-bond acceptors (Lipinski definition) is 15. The van der Waals surface area contributed by atoms with E-state index < -0.39 is 92.2 Å². The second-order valence-electron chi connectivity index (χ2n) is 14.2. The molecule has 24 heteroatoms. The smallest absolute Gasteiger partial charge is 0.457 e. The number of ether oxygens (including phenoxy) is 2. The Balaban J connectivity index is -0.000000170. The molecule has 5 unspecified atom stereocenters. The maximum atomic E-state index is 12.7. The van der Waals surface area contributed by atoms with E-state index in [1.165, 1.54) is 51.4 Å². The molecule has 1 fully saturated rings. The number of unbranched alkanes of at least 4 members (excludes halogenated alkanes) is 12. The molecule has 21 nitrogen and oxygen atoms in total. The number of rotatable bonds is 29. The van der Waals surface area contributed by atoms with Crippen molar-refractivity contribution >= 4 is 35.3 Å². The molecule has 0 heterocycles. The van der Waals surface area contributed by atoms with Gasteiger partial charge in [0, 0.05) is 55.4 Å². The molecule has 0 aromatic rings. The van der Waals surface area contributed by atoms with Gasteiger partial charge in [-0.3, -0.25) is 33.0 Å². The van der Waals surface area contributed by atoms with Gasteiger partial charge in [-0.05, 0) is 43.4 Å². The molecule has 8 atom stereocenters. The normalized spacial score (nSPS) is 20.3. The Kier molecular flexibility index (Phi) is 34.2. The number of nitrogens with one attached hydrogen (secondary N) is 1. The van der Waals surface area contributed by atoms with E-state index in [1.54, 1.807) is 6.92 Å². The van der Waals surface area contributed by atoms with Gasteiger partial charge < -0.3 is 54.4 Å². The lowest BCUT2D eigenvalue weighted by Gasteiger charge is -2.44. The summed E-state index contributed by atoms with van der Waals surface area (Å²) >= 11 is 0. The molecule has 0 aliphatic heterocycles. The predicted octanol–water partition coefficient (Wildman–Crippen LogP) is 5.01. The van der Waals surface area contributed by atoms with E-state index in [9.17, 15) is 43.5 Å². The van der Waals surface area contributed by atoms with E-state index in [4.69, 9.17) is 43.2 Å². The number of hydrogen-bond donors (Lipinski definition) is 10. The molecule has 0 aromatic heterocycles. The highest BCUT2D eigenvalue weighted by Gasteiger charge is 2.56. The van der Waals surface area contributed by atoms with E-state index >= 15 is 0 Å². The minimum atomic E-state index is -5.51. The van der Waals surface area contributed by atoms with E-state index in [0.717, 1.165) is 32.1 Å². The van der Waals surface area contributed by atoms with Crippen molar-refractivity contribution in [1.29, 1.82) is 0 Å². The van der Waals surface area contributed by atoms with E-state index in [-0.39, 0.29) is 25.2 Å². The Labute approximate surface area is 394 Å². The van der Waals surface area contributed by atoms with Crippen LogP contribution in [0, 0.1) is 59.3 Å². The van der Waals surface area contributed by atoms with Crippen LogP contribution in [0.5, 0.6) is 0 Å². The average Bonchev–Trinajstić information content (AvgIpc) is 3.23. The van der Waals surface area contributed by atoms with Crippen molar-refractivity contribution in [3.8, 4) is 59.3 Å². The van der Waals surface area contributed by atoms with Crippen molar-refractivity contribution in [2.24, 2.45) is 0 Å². The zero-order valence-electron chi connectivity index (χ0n) is 36.8. The zero-order valence-corrected chi connectivity index (χ0v) is 39.5. The number of aliphatic hydroxyl groups is 4. The van der Waals surface area contributed by atoms with Crippen LogP contribution in [-0.2, 0) is 50.9 Å². The van der Waals surface area contributed by atoms with Crippen LogP contribution in [0.2, 0.25) is 0 Å². The van der Waals surface area contributed by atoms with Crippen molar-refractivity contribution in [2.75, 3.05) is 20.0 Å². The highest BCUT2D eigenvalue weighted by atomic mass is 31.2. The zero-order chi connectivity index (χ0) is 49.2. The number of phosphoric ester groups is 3. The Bertz CT molecular complexity index is 1870. The number of amides is 1. The van der Waals surface area contributed by atoms with Crippen LogP contribution in [0.1, 0.15) is 136 Å². The fraction of sp³-hybridized carbons (Fsp3) is 0.707. The van der Waals surface area contributed by atoms with Crippen molar-refractivity contribution in [3.63, 3.8) is 0 Å². The van der Waals surface area contributed by atoms with Crippen LogP contribution in [0.15, 0.2) is 0 Å². The first-order valence-corrected chi connectivity index (χ1v) is 25.5. The lowest BCUT2D eigenvalue weighted by Crippen LogP contribution is -2.65. The minimum Gasteiger partial charge on any atom is -0.457 e. The third-order valence-electron chi connectivity index (χ3n) is 8.70. The molecule has 10 N–H and O–H groups in total. The first-order valence-electron chi connectivity index (χ1n) is 21.0. The molecule has 1 aliphatic rings. The van der Waals surface area contributed by atoms with E-state index in [1.807, 2.05) is 6.92 Å². The number of carbonyl (C=O) groups is 2. The predicted molar refractivity (Wildman–Crippen MR) is 252 cm³/mol. The Hall–Kier alpha value is -3.13. The third kappa shape index (κ3) is 33.1. The van der Waals surface area contributed by atoms with Crippen LogP contribution in [-0.4, -0.2) is 120 Å². The number of carbonyl (C=O) groups excluding carboxylic acids is 2. The molecule has 386 valence electrons. The highest BCUT2D eigenvalue weighted by Crippen LogP contribution is 2.51. The van der Waals surface area contributed by atoms with Gasteiger partial charge in [-0.2, -0.15) is 0 Å². The van der Waals surface area contributed by atoms with Gasteiger partial charge in [-0.1, -0.05) is 96.8 Å². The molecule has 0 radical (unpaired) electrons. The SMILES string of the molecule is CC#CC#CC#CC#CC#CNC(=O)CCC.CCCCCCCCCCCCCCCC(=O)O[C@H](COCO)COP(=O)(O)OC1C(O)[C@H](OP(=O)(O)O)C(O)C(OP(=O)(O)O)[C@@H]1O.[HH].[HH].[HH].[HH].[HH].[HH].[HH].[HH].[HH]. The van der Waals surface area contributed by atoms with Gasteiger partial charge in [-0.15, -0.1) is 0 Å². The molecule has 0 aromatic carbocycles. The summed E-state index contributed by atoms with van der Waals surface area (Å²) in [6, 6.07) is 2.43. The van der Waals surface area contributed by atoms with Gasteiger partial charge in [0.1, 0.15) is 49.5 Å². The molecule has 1 amide bonds. The van der Waals surface area contributed by atoms with Crippen LogP contribution in [0.3, 0.4) is 0 Å². The number of esters is 1. The summed E-state index contributed by atoms with van der Waals surface area (Å²) in [6.45, 7) is 3.64. The third-order valence-corrected chi connectivity index (χ3v) is 10.7. The largest absolute Gasteiger partial charge is 0.472 e. The van der Waals surface area contributed by atoms with Crippen molar-refractivity contribution in [3.05, 3.63) is 0 Å². The maximum Gasteiger partial charge on any atom is 0.472 e. The minimum absolute atomic E-state index is 0. The molecule has 1 saturated carbocycles. The summed E-state index contributed by atoms with van der Waals surface area (Å²) in [7, 11) is -16.4. The van der Waals surface area contributed by atoms with Crippen LogP contribution in [0.25, 0.3) is 0 Å². The first kappa shape index (κ1) is 61.9. The van der Waals surface area contributed by atoms with Gasteiger partial charge >= 0.3 is 29.4 Å². The van der Waals surface area contributed by atoms with Gasteiger partial charge in [0.05, 0.1) is 13.2 Å². The van der Waals surface area contributed by atoms with Gasteiger partial charge in [0.15, 0.2) is 0 Å². The van der Waals surface area contributed by atoms with E-state index in [0.29, 0.717) is 12.8 Å². The van der Waals surface area contributed by atoms with Crippen LogP contribution >= 0.6 is 23.5 Å². The van der Waals surface area contributed by atoms with Crippen molar-refractivity contribution in [1.82, 2.24) is 5.32 Å². The Morgan fingerprint density at radius 3 is 1.46 bits per heavy atom. The summed E-state index contributed by atoms with van der Waals surface area (Å²) in [5.74, 6) is 21.8. The molecule has 1 rings (SSSR count). The summed E-state index contributed by atoms with van der Waals surface area (Å²) < 4.78 is 63.4. The molecule has 0 bridgehead atoms. The number of aliphatic hydroxyl groups excluding tert-OH is 4. The standard InChI is InChI=1S/C26H53O19P3.C15H11NO.9H2/c1-2-3-4-5-6-7-8-9-10-11-12-13-14-15-20(28)42-19(16-40-18-27)17-41-48(38,39)45-26-22(30)24(43-46(32,33)34)21(29)25(23(26)31)44-47(35,36)37;1-3-5-6-7-8-9-10-11-12-14-16-15(17)13-4-2;;;;;;;;;/h19,21-27,29-31H,2-18H2,1H3,(H,38,39)(H2,32,33,34)(H2,35,36,37);4,13H2,1-2H3,(H,16,17);9*1H/t19-,21?,22+,23?,24?,25-,26?;;;;;;;;;;/m1........../s1. The first-order chi connectivity index (χ1) is 30.7. The molecular weight excluding hydrogens is 919 g/mol. The lowest BCUT2D eigenvalue weighted by atomic mass is 9.85. The summed E-state index contributed by atoms with van der Waals surface area (Å²) in [4.78, 5) is 70.1. The number of phosphoric acid groups is 3. The average molecular weight is 1000 g/mol. The summed E-state index contributed by atoms with van der Waals surface area (Å²) in [5, 5.41) is 42.6. The second-order valence-corrected chi connectivity index (χ2v) is 18.0. The molecular formula is C41H82NO20P3. The Morgan fingerprint density at radius 2 is 1.03 bits per heavy atom. The fourth-order valence-electron chi connectivity index (χ4n) is 5.72. The molecule has 1 aliphatic carbocycles. The monoisotopic (exact) mass is 1000 g/mol. The fourth-order valence-corrected chi connectivity index (χ4v) is 7.83. The molecule has 0 saturated heterocycles. The van der Waals surface area contributed by atoms with Crippen molar-refractivity contribution in [2.45, 2.75) is 166 Å². The molecule has 65 heavy (non-hydrogen) atoms. The van der Waals surface area contributed by atoms with Gasteiger partial charge in [-0.25, -0.2) is 13.7 Å². The lowest BCUT2D eigenvalue weighted by molar-refractivity contribution is -0.213. The maximum absolute atomic E-state index is 12.7. The van der Waals surface area contributed by atoms with Crippen LogP contribution in [0.4, 0.5) is 0 Å².